The van der Waals surface area contributed by atoms with Gasteiger partial charge in [-0.3, -0.25) is 0 Å². The normalized spacial score (nSPS) is 14.1. The molecule has 0 saturated carbocycles. The number of anilines is 12. The Hall–Kier alpha value is -9.25. The molecular weight excluding hydrogens is 1190 g/mol. The summed E-state index contributed by atoms with van der Waals surface area (Å²) in [5, 5.41) is 0. The van der Waals surface area contributed by atoms with E-state index in [-0.39, 0.29) is 49.6 Å². The molecule has 11 aromatic carbocycles. The van der Waals surface area contributed by atoms with Crippen LogP contribution in [0, 0.1) is 0 Å². The quantitative estimate of drug-likeness (QED) is 0.154. The number of rotatable bonds is 6. The van der Waals surface area contributed by atoms with Gasteiger partial charge >= 0.3 is 560 Å². The molecule has 0 saturated heterocycles. The van der Waals surface area contributed by atoms with E-state index in [0.717, 1.165) is 0 Å². The fourth-order valence-corrected chi connectivity index (χ4v) is 18.7. The minimum atomic E-state index is -0.143. The molecule has 0 spiro atoms. The van der Waals surface area contributed by atoms with Gasteiger partial charge in [0, 0.05) is 0 Å². The predicted octanol–water partition coefficient (Wildman–Crippen LogP) is 19.1. The van der Waals surface area contributed by atoms with E-state index < -0.39 is 0 Å². The molecule has 1 aromatic heterocycles. The summed E-state index contributed by atoms with van der Waals surface area (Å²) in [5.74, 6) is 0. The summed E-state index contributed by atoms with van der Waals surface area (Å²) in [6.45, 7) is 28.3. The molecule has 4 nitrogen and oxygen atoms in total. The third-order valence-electron chi connectivity index (χ3n) is 20.5. The first-order valence-electron chi connectivity index (χ1n) is 33.3. The van der Waals surface area contributed by atoms with Gasteiger partial charge in [0.05, 0.1) is 0 Å². The van der Waals surface area contributed by atoms with Gasteiger partial charge in [0.25, 0.3) is 0 Å². The number of hydrogen-bond donors (Lipinski definition) is 0. The van der Waals surface area contributed by atoms with Crippen molar-refractivity contribution in [3.05, 3.63) is 265 Å². The Balaban J connectivity index is 1.01. The summed E-state index contributed by atoms with van der Waals surface area (Å²) in [6, 6.07) is 93.8. The Bertz CT molecular complexity index is 4980. The van der Waals surface area contributed by atoms with Crippen LogP contribution < -0.4 is 50.1 Å². The van der Waals surface area contributed by atoms with Crippen LogP contribution in [0.4, 0.5) is 68.2 Å². The van der Waals surface area contributed by atoms with Crippen LogP contribution in [-0.4, -0.2) is 27.9 Å². The topological polar surface area (TPSA) is 13.0 Å². The van der Waals surface area contributed by atoms with E-state index in [0.29, 0.717) is 0 Å². The van der Waals surface area contributed by atoms with Crippen LogP contribution in [0.2, 0.25) is 0 Å². The van der Waals surface area contributed by atoms with Crippen molar-refractivity contribution in [2.24, 2.45) is 0 Å². The van der Waals surface area contributed by atoms with Gasteiger partial charge in [0.15, 0.2) is 0 Å². The average Bonchev–Trinajstić information content (AvgIpc) is 1.61. The monoisotopic (exact) mass is 1270 g/mol. The summed E-state index contributed by atoms with van der Waals surface area (Å²) in [6.07, 6.45) is 0. The van der Waals surface area contributed by atoms with Crippen molar-refractivity contribution in [3.63, 3.8) is 0 Å². The SMILES string of the molecule is CC(C)(C)c1cc(N2c3ccc(-c4ccccc4)cc3B3c4[se]c5c6c4N(c4ccccc4N6c4cc(-c6ccccc6)cc6c4B5c4ccc(-c5ccccc5)cc4N6c4cc(C(C)(C)C)cc(C(C)(C)C)c4)c4cc(-c5ccccc5)cc2c43)cc(C(C)(C)C)c1. The van der Waals surface area contributed by atoms with E-state index in [9.17, 15) is 0 Å². The molecule has 0 fully saturated rings. The number of hydrogen-bond acceptors (Lipinski definition) is 4. The standard InChI is InChI=1S/C86H76B2N4Se/c1-83(2,3)61-47-62(84(4,5)6)50-65(49-61)89-69-40-38-57(53-27-17-13-18-28-53)41-68(69)88-78-73(89)43-59(55-31-21-15-22-32-55)46-76(78)92-71-36-26-25-35-70(71)91-75-45-60(56-33-23-16-24-34-56)44-74-77(75)87(81-79(91)80(92)82(88)93-81)67-39-37-58(54-29-19-14-20-30-54)42-72(67)90(74)66-51-63(85(7,8)9)48-64(52-66)86(10,11)12/h13-52H,1-12H3. The first-order chi connectivity index (χ1) is 44.7. The Kier molecular flexibility index (Phi) is 12.8. The molecule has 7 heteroatoms. The van der Waals surface area contributed by atoms with E-state index in [1.54, 1.807) is 0 Å². The van der Waals surface area contributed by atoms with Gasteiger partial charge in [0.1, 0.15) is 0 Å². The second kappa shape index (κ2) is 20.6. The number of para-hydroxylation sites is 2. The van der Waals surface area contributed by atoms with Crippen LogP contribution in [0.1, 0.15) is 105 Å². The minimum absolute atomic E-state index is 0.0404. The van der Waals surface area contributed by atoms with Crippen molar-refractivity contribution in [1.82, 2.24) is 0 Å². The third-order valence-corrected chi connectivity index (χ3v) is 23.2. The van der Waals surface area contributed by atoms with Gasteiger partial charge in [-0.15, -0.1) is 0 Å². The zero-order valence-corrected chi connectivity index (χ0v) is 57.2. The van der Waals surface area contributed by atoms with Crippen molar-refractivity contribution in [2.75, 3.05) is 19.6 Å². The van der Waals surface area contributed by atoms with Gasteiger partial charge < -0.3 is 0 Å². The average molecular weight is 1270 g/mol. The number of nitrogens with zero attached hydrogens (tertiary/aromatic N) is 4. The first-order valence-corrected chi connectivity index (χ1v) is 35.0. The van der Waals surface area contributed by atoms with Gasteiger partial charge in [-0.05, 0) is 0 Å². The van der Waals surface area contributed by atoms with E-state index in [2.05, 4.69) is 345 Å². The summed E-state index contributed by atoms with van der Waals surface area (Å²) < 4.78 is 3.04. The second-order valence-corrected chi connectivity index (χ2v) is 32.9. The van der Waals surface area contributed by atoms with Crippen LogP contribution in [0.3, 0.4) is 0 Å². The van der Waals surface area contributed by atoms with Gasteiger partial charge in [-0.2, -0.15) is 0 Å². The van der Waals surface area contributed by atoms with Crippen LogP contribution in [0.25, 0.3) is 44.5 Å². The van der Waals surface area contributed by atoms with Crippen LogP contribution in [-0.2, 0) is 21.7 Å². The third kappa shape index (κ3) is 9.08. The Labute approximate surface area is 556 Å². The summed E-state index contributed by atoms with van der Waals surface area (Å²) in [4.78, 5) is 10.8. The van der Waals surface area contributed by atoms with E-state index in [1.807, 2.05) is 0 Å². The van der Waals surface area contributed by atoms with Crippen LogP contribution in [0.15, 0.2) is 243 Å². The number of benzene rings is 11. The van der Waals surface area contributed by atoms with E-state index in [4.69, 9.17) is 0 Å². The molecular formula is C86H76B2N4Se. The second-order valence-electron chi connectivity index (χ2n) is 30.6. The summed E-state index contributed by atoms with van der Waals surface area (Å²) in [7, 11) is 0. The molecule has 0 atom stereocenters. The molecule has 17 rings (SSSR count). The molecule has 5 aliphatic heterocycles. The Morgan fingerprint density at radius 1 is 0.247 bits per heavy atom. The molecule has 12 aromatic rings. The maximum atomic E-state index is 2.75. The van der Waals surface area contributed by atoms with E-state index >= 15 is 0 Å². The fraction of sp³-hybridized carbons (Fsp3) is 0.186. The maximum absolute atomic E-state index is 2.75. The predicted molar refractivity (Wildman–Crippen MR) is 402 cm³/mol. The Morgan fingerprint density at radius 2 is 0.570 bits per heavy atom. The van der Waals surface area contributed by atoms with Crippen molar-refractivity contribution in [2.45, 2.75) is 105 Å². The van der Waals surface area contributed by atoms with Crippen molar-refractivity contribution >= 4 is 127 Å². The van der Waals surface area contributed by atoms with Gasteiger partial charge in [0.2, 0.25) is 0 Å². The summed E-state index contributed by atoms with van der Waals surface area (Å²) >= 11 is -0.143. The molecule has 93 heavy (non-hydrogen) atoms. The molecule has 5 aliphatic rings. The number of fused-ring (bicyclic) bond motifs is 11. The summed E-state index contributed by atoms with van der Waals surface area (Å²) in [5.41, 5.74) is 35.0. The fourth-order valence-electron chi connectivity index (χ4n) is 15.5. The zero-order chi connectivity index (χ0) is 63.8. The molecule has 0 aliphatic carbocycles. The molecule has 452 valence electrons. The molecule has 0 bridgehead atoms. The first kappa shape index (κ1) is 57.6. The van der Waals surface area contributed by atoms with E-state index in [1.165, 1.54) is 166 Å². The van der Waals surface area contributed by atoms with Crippen molar-refractivity contribution in [3.8, 4) is 44.5 Å². The molecule has 0 amide bonds. The van der Waals surface area contributed by atoms with Gasteiger partial charge in [-0.25, -0.2) is 0 Å². The van der Waals surface area contributed by atoms with Crippen LogP contribution >= 0.6 is 0 Å². The van der Waals surface area contributed by atoms with Crippen molar-refractivity contribution in [1.29, 1.82) is 0 Å². The Morgan fingerprint density at radius 3 is 0.968 bits per heavy atom. The molecule has 0 unspecified atom stereocenters. The molecule has 0 radical (unpaired) electrons. The zero-order valence-electron chi connectivity index (χ0n) is 55.4. The van der Waals surface area contributed by atoms with Crippen molar-refractivity contribution < 1.29 is 0 Å². The molecule has 0 N–H and O–H groups in total. The van der Waals surface area contributed by atoms with Gasteiger partial charge in [-0.1, -0.05) is 0 Å². The molecule has 6 heterocycles. The van der Waals surface area contributed by atoms with Crippen LogP contribution in [0.5, 0.6) is 0 Å².